The summed E-state index contributed by atoms with van der Waals surface area (Å²) in [4.78, 5) is 26.5. The predicted octanol–water partition coefficient (Wildman–Crippen LogP) is 2.92. The van der Waals surface area contributed by atoms with E-state index in [2.05, 4.69) is 12.2 Å². The molecule has 124 valence electrons. The van der Waals surface area contributed by atoms with Gasteiger partial charge in [-0.3, -0.25) is 9.59 Å². The lowest BCUT2D eigenvalue weighted by molar-refractivity contribution is -0.126. The molecular formula is C20H22N2O2. The summed E-state index contributed by atoms with van der Waals surface area (Å²) in [5, 5.41) is 2.94. The van der Waals surface area contributed by atoms with Crippen LogP contribution in [-0.2, 0) is 22.6 Å². The van der Waals surface area contributed by atoms with Crippen LogP contribution in [-0.4, -0.2) is 18.4 Å². The van der Waals surface area contributed by atoms with Gasteiger partial charge >= 0.3 is 0 Å². The van der Waals surface area contributed by atoms with Crippen molar-refractivity contribution >= 4 is 17.5 Å². The quantitative estimate of drug-likeness (QED) is 0.920. The molecule has 1 aliphatic heterocycles. The number of carbonyl (C=O) groups is 2. The van der Waals surface area contributed by atoms with Crippen LogP contribution in [0.2, 0.25) is 0 Å². The summed E-state index contributed by atoms with van der Waals surface area (Å²) in [6, 6.07) is 17.7. The fraction of sp³-hybridized carbons (Fsp3) is 0.300. The monoisotopic (exact) mass is 322 g/mol. The first kappa shape index (κ1) is 16.2. The molecule has 1 aliphatic rings. The zero-order valence-electron chi connectivity index (χ0n) is 13.9. The second-order valence-electron chi connectivity index (χ2n) is 6.09. The Bertz CT molecular complexity index is 727. The van der Waals surface area contributed by atoms with Crippen LogP contribution in [0.3, 0.4) is 0 Å². The zero-order valence-corrected chi connectivity index (χ0v) is 13.9. The summed E-state index contributed by atoms with van der Waals surface area (Å²) in [6.45, 7) is 3.02. The molecule has 3 rings (SSSR count). The lowest BCUT2D eigenvalue weighted by Crippen LogP contribution is -2.32. The topological polar surface area (TPSA) is 49.4 Å². The average Bonchev–Trinajstić information content (AvgIpc) is 3.02. The Labute approximate surface area is 142 Å². The number of hydrogen-bond acceptors (Lipinski definition) is 2. The molecule has 1 saturated heterocycles. The summed E-state index contributed by atoms with van der Waals surface area (Å²) >= 11 is 0. The van der Waals surface area contributed by atoms with Gasteiger partial charge in [-0.25, -0.2) is 0 Å². The van der Waals surface area contributed by atoms with Gasteiger partial charge in [0.1, 0.15) is 0 Å². The van der Waals surface area contributed by atoms with Crippen LogP contribution in [0.1, 0.15) is 24.5 Å². The molecule has 4 nitrogen and oxygen atoms in total. The Kier molecular flexibility index (Phi) is 4.94. The van der Waals surface area contributed by atoms with Crippen LogP contribution in [0.15, 0.2) is 54.6 Å². The molecule has 1 heterocycles. The van der Waals surface area contributed by atoms with Crippen LogP contribution in [0.25, 0.3) is 0 Å². The number of amides is 2. The lowest BCUT2D eigenvalue weighted by atomic mass is 10.1. The van der Waals surface area contributed by atoms with E-state index < -0.39 is 0 Å². The van der Waals surface area contributed by atoms with Crippen molar-refractivity contribution in [2.75, 3.05) is 11.4 Å². The van der Waals surface area contributed by atoms with Crippen LogP contribution in [0, 0.1) is 5.92 Å². The van der Waals surface area contributed by atoms with E-state index in [1.807, 2.05) is 54.6 Å². The molecule has 0 aliphatic carbocycles. The third kappa shape index (κ3) is 3.48. The molecule has 2 aromatic rings. The molecule has 0 unspecified atom stereocenters. The number of anilines is 1. The van der Waals surface area contributed by atoms with Crippen LogP contribution < -0.4 is 10.2 Å². The van der Waals surface area contributed by atoms with Gasteiger partial charge in [-0.1, -0.05) is 55.5 Å². The second-order valence-corrected chi connectivity index (χ2v) is 6.09. The van der Waals surface area contributed by atoms with E-state index >= 15 is 0 Å². The lowest BCUT2D eigenvalue weighted by Gasteiger charge is -2.20. The van der Waals surface area contributed by atoms with Gasteiger partial charge in [0.2, 0.25) is 11.8 Å². The van der Waals surface area contributed by atoms with Crippen molar-refractivity contribution in [3.05, 3.63) is 65.7 Å². The first-order chi connectivity index (χ1) is 11.7. The number of nitrogens with one attached hydrogen (secondary N) is 1. The fourth-order valence-electron chi connectivity index (χ4n) is 3.12. The highest BCUT2D eigenvalue weighted by molar-refractivity contribution is 6.00. The van der Waals surface area contributed by atoms with Crippen molar-refractivity contribution in [3.63, 3.8) is 0 Å². The van der Waals surface area contributed by atoms with Crippen molar-refractivity contribution in [3.8, 4) is 0 Å². The van der Waals surface area contributed by atoms with E-state index in [0.29, 0.717) is 13.1 Å². The zero-order chi connectivity index (χ0) is 16.9. The number of carbonyl (C=O) groups excluding carboxylic acids is 2. The number of rotatable bonds is 5. The number of para-hydroxylation sites is 1. The van der Waals surface area contributed by atoms with Gasteiger partial charge in [0.05, 0.1) is 5.92 Å². The number of nitrogens with zero attached hydrogens (tertiary/aromatic N) is 1. The molecule has 0 aromatic heterocycles. The van der Waals surface area contributed by atoms with Crippen LogP contribution in [0.5, 0.6) is 0 Å². The molecule has 0 spiro atoms. The maximum Gasteiger partial charge on any atom is 0.227 e. The van der Waals surface area contributed by atoms with E-state index in [1.165, 1.54) is 0 Å². The highest BCUT2D eigenvalue weighted by Crippen LogP contribution is 2.28. The van der Waals surface area contributed by atoms with Crippen molar-refractivity contribution in [2.45, 2.75) is 26.3 Å². The third-order valence-corrected chi connectivity index (χ3v) is 4.47. The highest BCUT2D eigenvalue weighted by Gasteiger charge is 2.35. The molecule has 0 radical (unpaired) electrons. The van der Waals surface area contributed by atoms with Gasteiger partial charge in [-0.2, -0.15) is 0 Å². The minimum atomic E-state index is -0.286. The Morgan fingerprint density at radius 1 is 1.12 bits per heavy atom. The van der Waals surface area contributed by atoms with Crippen molar-refractivity contribution in [2.24, 2.45) is 5.92 Å². The van der Waals surface area contributed by atoms with E-state index in [-0.39, 0.29) is 24.2 Å². The summed E-state index contributed by atoms with van der Waals surface area (Å²) in [6.07, 6.45) is 1.14. The van der Waals surface area contributed by atoms with E-state index in [0.717, 1.165) is 23.2 Å². The largest absolute Gasteiger partial charge is 0.352 e. The predicted molar refractivity (Wildman–Crippen MR) is 94.6 cm³/mol. The maximum absolute atomic E-state index is 12.4. The molecule has 24 heavy (non-hydrogen) atoms. The minimum absolute atomic E-state index is 0.0239. The maximum atomic E-state index is 12.4. The van der Waals surface area contributed by atoms with Gasteiger partial charge in [0.25, 0.3) is 0 Å². The van der Waals surface area contributed by atoms with Crippen LogP contribution in [0.4, 0.5) is 5.69 Å². The van der Waals surface area contributed by atoms with E-state index in [4.69, 9.17) is 0 Å². The fourth-order valence-corrected chi connectivity index (χ4v) is 3.12. The molecule has 1 N–H and O–H groups in total. The minimum Gasteiger partial charge on any atom is -0.352 e. The molecule has 2 aromatic carbocycles. The number of hydrogen-bond donors (Lipinski definition) is 1. The molecule has 0 saturated carbocycles. The normalized spacial score (nSPS) is 17.1. The SMILES string of the molecule is CCc1ccccc1N1C[C@@H](C(=O)NCc2ccccc2)CC1=O. The summed E-state index contributed by atoms with van der Waals surface area (Å²) < 4.78 is 0. The third-order valence-electron chi connectivity index (χ3n) is 4.47. The number of aryl methyl sites for hydroxylation is 1. The summed E-state index contributed by atoms with van der Waals surface area (Å²) in [7, 11) is 0. The van der Waals surface area contributed by atoms with Crippen molar-refractivity contribution < 1.29 is 9.59 Å². The summed E-state index contributed by atoms with van der Waals surface area (Å²) in [5.74, 6) is -0.314. The van der Waals surface area contributed by atoms with E-state index in [9.17, 15) is 9.59 Å². The number of benzene rings is 2. The highest BCUT2D eigenvalue weighted by atomic mass is 16.2. The van der Waals surface area contributed by atoms with Gasteiger partial charge in [0, 0.05) is 25.2 Å². The van der Waals surface area contributed by atoms with Gasteiger partial charge in [-0.05, 0) is 23.6 Å². The van der Waals surface area contributed by atoms with Gasteiger partial charge in [0.15, 0.2) is 0 Å². The Balaban J connectivity index is 1.65. The Morgan fingerprint density at radius 2 is 1.83 bits per heavy atom. The molecule has 1 fully saturated rings. The Hall–Kier alpha value is -2.62. The van der Waals surface area contributed by atoms with Gasteiger partial charge < -0.3 is 10.2 Å². The summed E-state index contributed by atoms with van der Waals surface area (Å²) in [5.41, 5.74) is 3.13. The molecule has 1 atom stereocenters. The van der Waals surface area contributed by atoms with Crippen molar-refractivity contribution in [1.29, 1.82) is 0 Å². The average molecular weight is 322 g/mol. The van der Waals surface area contributed by atoms with Gasteiger partial charge in [-0.15, -0.1) is 0 Å². The molecule has 0 bridgehead atoms. The smallest absolute Gasteiger partial charge is 0.227 e. The molecule has 2 amide bonds. The Morgan fingerprint density at radius 3 is 2.58 bits per heavy atom. The first-order valence-electron chi connectivity index (χ1n) is 8.39. The molecular weight excluding hydrogens is 300 g/mol. The van der Waals surface area contributed by atoms with Crippen LogP contribution >= 0.6 is 0 Å². The second kappa shape index (κ2) is 7.30. The first-order valence-corrected chi connectivity index (χ1v) is 8.39. The standard InChI is InChI=1S/C20H22N2O2/c1-2-16-10-6-7-11-18(16)22-14-17(12-19(22)23)20(24)21-13-15-8-4-3-5-9-15/h3-11,17H,2,12-14H2,1H3,(H,21,24)/t17-/m0/s1. The van der Waals surface area contributed by atoms with Crippen molar-refractivity contribution in [1.82, 2.24) is 5.32 Å². The van der Waals surface area contributed by atoms with E-state index in [1.54, 1.807) is 4.90 Å². The molecule has 4 heteroatoms.